The minimum Gasteiger partial charge on any atom is -0.350 e. The zero-order valence-corrected chi connectivity index (χ0v) is 11.9. The average molecular weight is 271 g/mol. The van der Waals surface area contributed by atoms with Crippen molar-refractivity contribution in [3.8, 4) is 0 Å². The summed E-state index contributed by atoms with van der Waals surface area (Å²) in [5.74, 6) is -0.208. The second-order valence-corrected chi connectivity index (χ2v) is 5.28. The molecule has 0 aliphatic carbocycles. The van der Waals surface area contributed by atoms with Gasteiger partial charge in [-0.05, 0) is 37.1 Å². The Balaban J connectivity index is 2.13. The van der Waals surface area contributed by atoms with Gasteiger partial charge >= 0.3 is 6.03 Å². The summed E-state index contributed by atoms with van der Waals surface area (Å²) >= 11 is 0. The van der Waals surface area contributed by atoms with E-state index in [4.69, 9.17) is 0 Å². The standard InChI is InChI=1S/C15H17N3O2/c1-9-8-17(3)12-5-4-11(10(2)14(9)12)18-7-6-13(19)16-15(18)20/h4-5,8H,6-7H2,1-3H3,(H,16,19,20). The summed E-state index contributed by atoms with van der Waals surface area (Å²) in [5.41, 5.74) is 4.29. The number of aromatic nitrogens is 1. The first-order valence-electron chi connectivity index (χ1n) is 6.65. The molecule has 1 N–H and O–H groups in total. The molecule has 20 heavy (non-hydrogen) atoms. The third-order valence-corrected chi connectivity index (χ3v) is 3.92. The first kappa shape index (κ1) is 12.7. The van der Waals surface area contributed by atoms with Crippen LogP contribution in [0.25, 0.3) is 10.9 Å². The van der Waals surface area contributed by atoms with E-state index in [1.54, 1.807) is 4.90 Å². The number of carbonyl (C=O) groups excluding carboxylic acids is 2. The van der Waals surface area contributed by atoms with E-state index in [1.807, 2.05) is 26.1 Å². The number of hydrogen-bond acceptors (Lipinski definition) is 2. The van der Waals surface area contributed by atoms with Crippen LogP contribution in [0.3, 0.4) is 0 Å². The number of imide groups is 1. The Kier molecular flexibility index (Phi) is 2.78. The van der Waals surface area contributed by atoms with Gasteiger partial charge in [0.25, 0.3) is 0 Å². The van der Waals surface area contributed by atoms with Crippen LogP contribution in [0.1, 0.15) is 17.5 Å². The van der Waals surface area contributed by atoms with Crippen molar-refractivity contribution >= 4 is 28.5 Å². The molecule has 1 aliphatic rings. The van der Waals surface area contributed by atoms with Gasteiger partial charge in [-0.2, -0.15) is 0 Å². The van der Waals surface area contributed by atoms with E-state index in [0.29, 0.717) is 13.0 Å². The van der Waals surface area contributed by atoms with E-state index in [-0.39, 0.29) is 11.9 Å². The van der Waals surface area contributed by atoms with Crippen LogP contribution < -0.4 is 10.2 Å². The fraction of sp³-hybridized carbons (Fsp3) is 0.333. The molecule has 0 unspecified atom stereocenters. The molecule has 2 aromatic rings. The molecule has 1 fully saturated rings. The Morgan fingerprint density at radius 1 is 1.20 bits per heavy atom. The maximum absolute atomic E-state index is 12.0. The fourth-order valence-corrected chi connectivity index (χ4v) is 2.99. The summed E-state index contributed by atoms with van der Waals surface area (Å²) in [4.78, 5) is 24.9. The smallest absolute Gasteiger partial charge is 0.328 e. The highest BCUT2D eigenvalue weighted by atomic mass is 16.2. The zero-order valence-electron chi connectivity index (χ0n) is 11.9. The van der Waals surface area contributed by atoms with Crippen molar-refractivity contribution in [3.63, 3.8) is 0 Å². The van der Waals surface area contributed by atoms with Gasteiger partial charge in [-0.3, -0.25) is 15.0 Å². The Bertz CT molecular complexity index is 730. The zero-order chi connectivity index (χ0) is 14.4. The molecule has 0 atom stereocenters. The Morgan fingerprint density at radius 2 is 1.95 bits per heavy atom. The molecule has 1 saturated heterocycles. The molecule has 5 nitrogen and oxygen atoms in total. The molecule has 3 rings (SSSR count). The quantitative estimate of drug-likeness (QED) is 0.864. The molecule has 1 aliphatic heterocycles. The van der Waals surface area contributed by atoms with Crippen molar-refractivity contribution < 1.29 is 9.59 Å². The largest absolute Gasteiger partial charge is 0.350 e. The summed E-state index contributed by atoms with van der Waals surface area (Å²) in [6, 6.07) is 3.64. The lowest BCUT2D eigenvalue weighted by molar-refractivity contribution is -0.120. The fourth-order valence-electron chi connectivity index (χ4n) is 2.99. The highest BCUT2D eigenvalue weighted by molar-refractivity contribution is 6.07. The molecule has 2 heterocycles. The number of anilines is 1. The molecule has 3 amide bonds. The van der Waals surface area contributed by atoms with Crippen molar-refractivity contribution in [2.75, 3.05) is 11.4 Å². The molecule has 1 aromatic carbocycles. The number of urea groups is 1. The lowest BCUT2D eigenvalue weighted by Gasteiger charge is -2.28. The summed E-state index contributed by atoms with van der Waals surface area (Å²) < 4.78 is 2.08. The van der Waals surface area contributed by atoms with Gasteiger partial charge in [-0.1, -0.05) is 0 Å². The minimum absolute atomic E-state index is 0.208. The van der Waals surface area contributed by atoms with E-state index in [2.05, 4.69) is 23.0 Å². The minimum atomic E-state index is -0.336. The van der Waals surface area contributed by atoms with E-state index in [9.17, 15) is 9.59 Å². The van der Waals surface area contributed by atoms with Crippen molar-refractivity contribution in [2.45, 2.75) is 20.3 Å². The predicted octanol–water partition coefficient (Wildman–Crippen LogP) is 2.24. The third kappa shape index (κ3) is 1.78. The van der Waals surface area contributed by atoms with E-state index in [0.717, 1.165) is 16.8 Å². The Hall–Kier alpha value is -2.30. The van der Waals surface area contributed by atoms with Gasteiger partial charge < -0.3 is 4.57 Å². The Labute approximate surface area is 117 Å². The van der Waals surface area contributed by atoms with Crippen LogP contribution in [-0.2, 0) is 11.8 Å². The van der Waals surface area contributed by atoms with Crippen LogP contribution in [0.2, 0.25) is 0 Å². The number of amides is 3. The normalized spacial score (nSPS) is 15.8. The first-order valence-corrected chi connectivity index (χ1v) is 6.65. The third-order valence-electron chi connectivity index (χ3n) is 3.92. The van der Waals surface area contributed by atoms with Crippen LogP contribution >= 0.6 is 0 Å². The average Bonchev–Trinajstić information content (AvgIpc) is 2.67. The molecule has 0 spiro atoms. The predicted molar refractivity (Wildman–Crippen MR) is 77.9 cm³/mol. The number of nitrogens with zero attached hydrogens (tertiary/aromatic N) is 2. The number of aryl methyl sites for hydroxylation is 3. The first-order chi connectivity index (χ1) is 9.49. The topological polar surface area (TPSA) is 54.3 Å². The summed E-state index contributed by atoms with van der Waals surface area (Å²) in [6.45, 7) is 4.52. The van der Waals surface area contributed by atoms with Gasteiger partial charge in [0.05, 0.1) is 0 Å². The van der Waals surface area contributed by atoms with Crippen LogP contribution in [0.15, 0.2) is 18.3 Å². The number of rotatable bonds is 1. The SMILES string of the molecule is Cc1cn(C)c2ccc(N3CCC(=O)NC3=O)c(C)c12. The van der Waals surface area contributed by atoms with Gasteiger partial charge in [0.15, 0.2) is 0 Å². The highest BCUT2D eigenvalue weighted by Gasteiger charge is 2.26. The van der Waals surface area contributed by atoms with Gasteiger partial charge in [-0.15, -0.1) is 0 Å². The number of fused-ring (bicyclic) bond motifs is 1. The maximum atomic E-state index is 12.0. The van der Waals surface area contributed by atoms with Crippen LogP contribution in [0.4, 0.5) is 10.5 Å². The van der Waals surface area contributed by atoms with Crippen molar-refractivity contribution in [2.24, 2.45) is 7.05 Å². The summed E-state index contributed by atoms with van der Waals surface area (Å²) in [7, 11) is 2.01. The number of hydrogen-bond donors (Lipinski definition) is 1. The van der Waals surface area contributed by atoms with Crippen molar-refractivity contribution in [1.29, 1.82) is 0 Å². The molecule has 1 aromatic heterocycles. The van der Waals surface area contributed by atoms with Crippen molar-refractivity contribution in [1.82, 2.24) is 9.88 Å². The van der Waals surface area contributed by atoms with Crippen LogP contribution in [0, 0.1) is 13.8 Å². The van der Waals surface area contributed by atoms with Crippen molar-refractivity contribution in [3.05, 3.63) is 29.5 Å². The lowest BCUT2D eigenvalue weighted by Crippen LogP contribution is -2.49. The Morgan fingerprint density at radius 3 is 2.65 bits per heavy atom. The second kappa shape index (κ2) is 4.37. The van der Waals surface area contributed by atoms with Gasteiger partial charge in [-0.25, -0.2) is 4.79 Å². The van der Waals surface area contributed by atoms with Gasteiger partial charge in [0.2, 0.25) is 5.91 Å². The monoisotopic (exact) mass is 271 g/mol. The van der Waals surface area contributed by atoms with Crippen LogP contribution in [0.5, 0.6) is 0 Å². The number of nitrogens with one attached hydrogen (secondary N) is 1. The van der Waals surface area contributed by atoms with E-state index >= 15 is 0 Å². The maximum Gasteiger partial charge on any atom is 0.328 e. The molecule has 0 bridgehead atoms. The molecular weight excluding hydrogens is 254 g/mol. The van der Waals surface area contributed by atoms with E-state index in [1.165, 1.54) is 10.9 Å². The van der Waals surface area contributed by atoms with Crippen LogP contribution in [-0.4, -0.2) is 23.1 Å². The van der Waals surface area contributed by atoms with E-state index < -0.39 is 0 Å². The number of carbonyl (C=O) groups is 2. The second-order valence-electron chi connectivity index (χ2n) is 5.28. The highest BCUT2D eigenvalue weighted by Crippen LogP contribution is 2.32. The number of benzene rings is 1. The molecular formula is C15H17N3O2. The molecule has 0 radical (unpaired) electrons. The molecule has 5 heteroatoms. The van der Waals surface area contributed by atoms with Gasteiger partial charge in [0.1, 0.15) is 0 Å². The summed E-state index contributed by atoms with van der Waals surface area (Å²) in [5, 5.41) is 3.54. The lowest BCUT2D eigenvalue weighted by atomic mass is 10.0. The summed E-state index contributed by atoms with van der Waals surface area (Å²) in [6.07, 6.45) is 2.43. The van der Waals surface area contributed by atoms with Gasteiger partial charge in [0, 0.05) is 42.8 Å². The molecule has 104 valence electrons. The molecule has 0 saturated carbocycles.